The molecule has 13 nitrogen and oxygen atoms in total. The molecule has 2 N–H and O–H groups in total. The number of benzene rings is 1. The number of hydrogen-bond acceptors (Lipinski definition) is 9. The van der Waals surface area contributed by atoms with Gasteiger partial charge in [0.05, 0.1) is 35.2 Å². The minimum absolute atomic E-state index is 0.0166. The first-order chi connectivity index (χ1) is 24.9. The fourth-order valence-electron chi connectivity index (χ4n) is 9.19. The summed E-state index contributed by atoms with van der Waals surface area (Å²) in [5.74, 6) is -0.624. The summed E-state index contributed by atoms with van der Waals surface area (Å²) in [7, 11) is 0. The second kappa shape index (κ2) is 11.6. The number of anilines is 1. The lowest BCUT2D eigenvalue weighted by Gasteiger charge is -2.58. The van der Waals surface area contributed by atoms with Crippen molar-refractivity contribution in [2.45, 2.75) is 69.1 Å². The van der Waals surface area contributed by atoms with E-state index in [2.05, 4.69) is 20.4 Å². The van der Waals surface area contributed by atoms with Crippen LogP contribution >= 0.6 is 11.6 Å². The lowest BCUT2D eigenvalue weighted by atomic mass is 9.54. The van der Waals surface area contributed by atoms with Gasteiger partial charge in [-0.05, 0) is 74.6 Å². The summed E-state index contributed by atoms with van der Waals surface area (Å²) in [5.41, 5.74) is 0.565. The summed E-state index contributed by atoms with van der Waals surface area (Å²) in [6.45, 7) is 2.49. The second-order valence-corrected chi connectivity index (χ2v) is 14.6. The van der Waals surface area contributed by atoms with E-state index in [1.54, 1.807) is 16.4 Å². The molecule has 5 aliphatic rings. The molecule has 1 spiro atoms. The van der Waals surface area contributed by atoms with Gasteiger partial charge in [-0.1, -0.05) is 17.7 Å². The molecule has 1 aromatic carbocycles. The van der Waals surface area contributed by atoms with Crippen LogP contribution in [0.15, 0.2) is 35.4 Å². The molecule has 5 heterocycles. The Morgan fingerprint density at radius 3 is 2.73 bits per heavy atom. The summed E-state index contributed by atoms with van der Waals surface area (Å²) in [6, 6.07) is 2.54. The van der Waals surface area contributed by atoms with Crippen molar-refractivity contribution in [2.75, 3.05) is 25.1 Å². The van der Waals surface area contributed by atoms with Gasteiger partial charge in [-0.25, -0.2) is 9.97 Å². The van der Waals surface area contributed by atoms with Crippen LogP contribution in [0, 0.1) is 18.8 Å². The summed E-state index contributed by atoms with van der Waals surface area (Å²) in [5, 5.41) is 17.7. The molecule has 3 aliphatic carbocycles. The molecule has 1 unspecified atom stereocenters. The maximum absolute atomic E-state index is 14.7. The number of piperidine rings is 1. The smallest absolute Gasteiger partial charge is 0.416 e. The van der Waals surface area contributed by atoms with Crippen LogP contribution < -0.4 is 10.9 Å². The van der Waals surface area contributed by atoms with Gasteiger partial charge < -0.3 is 24.6 Å². The van der Waals surface area contributed by atoms with E-state index in [0.29, 0.717) is 55.4 Å². The van der Waals surface area contributed by atoms with Crippen LogP contribution in [0.5, 0.6) is 5.75 Å². The Kier molecular flexibility index (Phi) is 7.36. The van der Waals surface area contributed by atoms with E-state index >= 15 is 0 Å². The molecule has 1 saturated heterocycles. The molecule has 270 valence electrons. The van der Waals surface area contributed by atoms with Crippen molar-refractivity contribution in [3.63, 3.8) is 0 Å². The first-order valence-electron chi connectivity index (χ1n) is 17.2. The van der Waals surface area contributed by atoms with Crippen LogP contribution in [0.1, 0.15) is 76.8 Å². The minimum atomic E-state index is -4.60. The predicted molar refractivity (Wildman–Crippen MR) is 179 cm³/mol. The molecule has 2 saturated carbocycles. The number of halogens is 4. The predicted octanol–water partition coefficient (Wildman–Crippen LogP) is 4.49. The highest BCUT2D eigenvalue weighted by Crippen LogP contribution is 2.72. The first-order valence-corrected chi connectivity index (χ1v) is 17.6. The van der Waals surface area contributed by atoms with E-state index in [4.69, 9.17) is 21.3 Å². The number of carbonyl (C=O) groups is 2. The first kappa shape index (κ1) is 33.0. The van der Waals surface area contributed by atoms with Crippen molar-refractivity contribution in [3.8, 4) is 5.75 Å². The van der Waals surface area contributed by atoms with Crippen molar-refractivity contribution in [3.05, 3.63) is 80.0 Å². The van der Waals surface area contributed by atoms with Crippen LogP contribution in [-0.2, 0) is 27.7 Å². The molecule has 0 radical (unpaired) electrons. The maximum Gasteiger partial charge on any atom is 0.416 e. The molecule has 2 aliphatic heterocycles. The summed E-state index contributed by atoms with van der Waals surface area (Å²) in [4.78, 5) is 56.8. The average Bonchev–Trinajstić information content (AvgIpc) is 3.68. The summed E-state index contributed by atoms with van der Waals surface area (Å²) < 4.78 is 48.3. The lowest BCUT2D eigenvalue weighted by Crippen LogP contribution is -2.64. The fourth-order valence-corrected chi connectivity index (χ4v) is 9.42. The van der Waals surface area contributed by atoms with Gasteiger partial charge in [0.1, 0.15) is 12.9 Å². The monoisotopic (exact) mass is 736 g/mol. The number of ether oxygens (including phenoxy) is 1. The third-order valence-electron chi connectivity index (χ3n) is 11.7. The number of fused-ring (bicyclic) bond motifs is 8. The van der Waals surface area contributed by atoms with Gasteiger partial charge in [-0.3, -0.25) is 14.4 Å². The van der Waals surface area contributed by atoms with E-state index < -0.39 is 23.1 Å². The standard InChI is InChI=1S/C35H32ClF3N8O5/c1-16-29(49)27(41-15-40-16)32(51)45-9-8-34(20-3-5-24(20)45)21-13-19(21)28-26(34)31(50)47-33(43-30(44-47)17-6-10-52-11-7-17)46(28)14-25(48)42-23-4-2-18(12-22(23)36)35(37,38)39/h2,4,6,12,15,19-21,24,49H,3,5,7-11,13-14H2,1H3,(H,42,48)/t19?,20-,21-,24+,34+/m1/s1. The van der Waals surface area contributed by atoms with Crippen molar-refractivity contribution in [1.29, 1.82) is 0 Å². The quantitative estimate of drug-likeness (QED) is 0.302. The molecular weight excluding hydrogens is 705 g/mol. The number of aromatic nitrogens is 6. The number of nitrogens with one attached hydrogen (secondary N) is 1. The number of aromatic hydroxyl groups is 1. The number of amides is 2. The molecule has 4 aromatic rings. The van der Waals surface area contributed by atoms with E-state index in [1.807, 2.05) is 6.08 Å². The lowest BCUT2D eigenvalue weighted by molar-refractivity contribution is -0.137. The Balaban J connectivity index is 1.12. The Morgan fingerprint density at radius 2 is 2.02 bits per heavy atom. The number of likely N-dealkylation sites (tertiary alicyclic amines) is 1. The van der Waals surface area contributed by atoms with Crippen LogP contribution in [-0.4, -0.2) is 76.8 Å². The Morgan fingerprint density at radius 1 is 1.19 bits per heavy atom. The van der Waals surface area contributed by atoms with Gasteiger partial charge in [-0.15, -0.1) is 5.10 Å². The highest BCUT2D eigenvalue weighted by Gasteiger charge is 2.70. The number of carbonyl (C=O) groups excluding carboxylic acids is 2. The number of aryl methyl sites for hydroxylation is 1. The molecule has 5 atom stereocenters. The molecule has 3 aromatic heterocycles. The van der Waals surface area contributed by atoms with Gasteiger partial charge >= 0.3 is 6.18 Å². The van der Waals surface area contributed by atoms with Crippen molar-refractivity contribution in [1.82, 2.24) is 34.0 Å². The van der Waals surface area contributed by atoms with Crippen molar-refractivity contribution >= 4 is 40.5 Å². The molecule has 9 rings (SSSR count). The third kappa shape index (κ3) is 4.82. The zero-order valence-corrected chi connectivity index (χ0v) is 28.5. The number of rotatable bonds is 5. The topological polar surface area (TPSA) is 157 Å². The van der Waals surface area contributed by atoms with Gasteiger partial charge in [0.25, 0.3) is 11.5 Å². The van der Waals surface area contributed by atoms with E-state index in [0.717, 1.165) is 43.0 Å². The Hall–Kier alpha value is -4.83. The largest absolute Gasteiger partial charge is 0.504 e. The summed E-state index contributed by atoms with van der Waals surface area (Å²) >= 11 is 6.18. The highest BCUT2D eigenvalue weighted by molar-refractivity contribution is 6.33. The molecule has 52 heavy (non-hydrogen) atoms. The summed E-state index contributed by atoms with van der Waals surface area (Å²) in [6.07, 6.45) is 1.86. The van der Waals surface area contributed by atoms with Gasteiger partial charge in [0.2, 0.25) is 11.7 Å². The van der Waals surface area contributed by atoms with Gasteiger partial charge in [0.15, 0.2) is 17.3 Å². The number of hydrogen-bond donors (Lipinski definition) is 2. The van der Waals surface area contributed by atoms with Crippen LogP contribution in [0.25, 0.3) is 11.4 Å². The van der Waals surface area contributed by atoms with E-state index in [1.165, 1.54) is 10.8 Å². The number of alkyl halides is 3. The van der Waals surface area contributed by atoms with Crippen LogP contribution in [0.4, 0.5) is 18.9 Å². The van der Waals surface area contributed by atoms with Crippen molar-refractivity contribution in [2.24, 2.45) is 11.8 Å². The van der Waals surface area contributed by atoms with Crippen molar-refractivity contribution < 1.29 is 32.6 Å². The maximum atomic E-state index is 14.7. The SMILES string of the molecule is Cc1ncnc(C(=O)N2CC[C@]3(c4c(n(CC(=O)Nc5ccc(C(F)(F)F)cc5Cl)c5nc(C6=CCOCC6)nn5c4=O)C4C[C@H]43)[C@@H]3CC[C@@H]32)c1O. The zero-order chi connectivity index (χ0) is 36.3. The average molecular weight is 737 g/mol. The van der Waals surface area contributed by atoms with Gasteiger partial charge in [-0.2, -0.15) is 22.7 Å². The van der Waals surface area contributed by atoms with E-state index in [-0.39, 0.29) is 69.7 Å². The fraction of sp³-hybridized carbons (Fsp3) is 0.457. The molecular formula is C35H32ClF3N8O5. The van der Waals surface area contributed by atoms with E-state index in [9.17, 15) is 32.7 Å². The Labute approximate surface area is 298 Å². The zero-order valence-electron chi connectivity index (χ0n) is 27.8. The number of nitrogens with zero attached hydrogens (tertiary/aromatic N) is 7. The second-order valence-electron chi connectivity index (χ2n) is 14.2. The third-order valence-corrected chi connectivity index (χ3v) is 12.0. The molecule has 2 amide bonds. The minimum Gasteiger partial charge on any atom is -0.504 e. The van der Waals surface area contributed by atoms with Crippen LogP contribution in [0.3, 0.4) is 0 Å². The van der Waals surface area contributed by atoms with Gasteiger partial charge in [0, 0.05) is 35.2 Å². The normalized spacial score (nSPS) is 26.0. The molecule has 17 heteroatoms. The molecule has 0 bridgehead atoms. The highest BCUT2D eigenvalue weighted by atomic mass is 35.5. The Bertz CT molecular complexity index is 2310. The molecule has 3 fully saturated rings. The van der Waals surface area contributed by atoms with Crippen LogP contribution in [0.2, 0.25) is 5.02 Å².